The van der Waals surface area contributed by atoms with Gasteiger partial charge in [-0.3, -0.25) is 4.79 Å². The zero-order valence-electron chi connectivity index (χ0n) is 20.1. The molecule has 2 atom stereocenters. The van der Waals surface area contributed by atoms with E-state index in [0.717, 1.165) is 31.1 Å². The minimum Gasteiger partial charge on any atom is -0.376 e. The van der Waals surface area contributed by atoms with E-state index in [1.807, 2.05) is 20.8 Å². The standard InChI is InChI=1S/C23H46B2O2/c1-20(2,3)19(26)13-14-23(9,10)27-16-15-22(7,8)25-18-12-11-17(18)24-21(4,5)6/h17-18,24-25H,11-16H2,1-10H3. The third-order valence-corrected chi connectivity index (χ3v) is 6.33. The number of Topliss-reactive ketones (excluding diaryl/α,β-unsaturated/α-hetero) is 1. The van der Waals surface area contributed by atoms with Gasteiger partial charge in [-0.2, -0.15) is 0 Å². The van der Waals surface area contributed by atoms with Gasteiger partial charge in [0, 0.05) is 18.4 Å². The number of rotatable bonds is 10. The third kappa shape index (κ3) is 9.68. The number of hydrogen-bond acceptors (Lipinski definition) is 2. The summed E-state index contributed by atoms with van der Waals surface area (Å²) in [6.45, 7) is 23.0. The molecule has 0 aromatic rings. The van der Waals surface area contributed by atoms with Gasteiger partial charge < -0.3 is 4.74 Å². The van der Waals surface area contributed by atoms with Crippen molar-refractivity contribution in [1.29, 1.82) is 0 Å². The quantitative estimate of drug-likeness (QED) is 0.423. The molecule has 4 heteroatoms. The second kappa shape index (κ2) is 9.06. The summed E-state index contributed by atoms with van der Waals surface area (Å²) >= 11 is 0. The van der Waals surface area contributed by atoms with Gasteiger partial charge in [0.25, 0.3) is 0 Å². The summed E-state index contributed by atoms with van der Waals surface area (Å²) in [4.78, 5) is 12.2. The van der Waals surface area contributed by atoms with Gasteiger partial charge in [-0.1, -0.05) is 90.5 Å². The van der Waals surface area contributed by atoms with Crippen molar-refractivity contribution in [2.75, 3.05) is 6.61 Å². The molecule has 156 valence electrons. The highest BCUT2D eigenvalue weighted by atomic mass is 16.5. The summed E-state index contributed by atoms with van der Waals surface area (Å²) in [6.07, 6.45) is 5.34. The highest BCUT2D eigenvalue weighted by Crippen LogP contribution is 2.51. The molecule has 0 heterocycles. The fourth-order valence-corrected chi connectivity index (χ4v) is 4.24. The van der Waals surface area contributed by atoms with Crippen LogP contribution in [-0.2, 0) is 9.53 Å². The van der Waals surface area contributed by atoms with Crippen LogP contribution in [0.25, 0.3) is 0 Å². The van der Waals surface area contributed by atoms with Crippen LogP contribution >= 0.6 is 0 Å². The fourth-order valence-electron chi connectivity index (χ4n) is 4.24. The second-order valence-electron chi connectivity index (χ2n) is 12.8. The summed E-state index contributed by atoms with van der Waals surface area (Å²) in [7, 11) is 2.68. The average Bonchev–Trinajstić information content (AvgIpc) is 2.45. The zero-order valence-corrected chi connectivity index (χ0v) is 20.1. The van der Waals surface area contributed by atoms with Gasteiger partial charge >= 0.3 is 0 Å². The summed E-state index contributed by atoms with van der Waals surface area (Å²) in [5, 5.41) is 0.781. The minimum absolute atomic E-state index is 0.220. The fraction of sp³-hybridized carbons (Fsp3) is 0.957. The predicted octanol–water partition coefficient (Wildman–Crippen LogP) is 6.23. The molecule has 27 heavy (non-hydrogen) atoms. The SMILES string of the molecule is CC(C)(C)BC1CCC1BC(C)(C)CCOC(C)(C)CCC(=O)C(C)(C)C. The lowest BCUT2D eigenvalue weighted by molar-refractivity contribution is -0.128. The van der Waals surface area contributed by atoms with Crippen LogP contribution in [0.4, 0.5) is 0 Å². The van der Waals surface area contributed by atoms with Crippen LogP contribution in [0.1, 0.15) is 101 Å². The maximum absolute atomic E-state index is 12.2. The van der Waals surface area contributed by atoms with E-state index < -0.39 is 0 Å². The predicted molar refractivity (Wildman–Crippen MR) is 123 cm³/mol. The van der Waals surface area contributed by atoms with Gasteiger partial charge in [0.1, 0.15) is 20.3 Å². The molecule has 1 aliphatic carbocycles. The van der Waals surface area contributed by atoms with Crippen molar-refractivity contribution in [3.8, 4) is 0 Å². The monoisotopic (exact) mass is 376 g/mol. The summed E-state index contributed by atoms with van der Waals surface area (Å²) in [6, 6.07) is 0. The second-order valence-corrected chi connectivity index (χ2v) is 12.8. The molecule has 1 fully saturated rings. The summed E-state index contributed by atoms with van der Waals surface area (Å²) in [5.74, 6) is 2.15. The Kier molecular flexibility index (Phi) is 8.32. The van der Waals surface area contributed by atoms with Crippen molar-refractivity contribution in [2.24, 2.45) is 5.41 Å². The molecule has 0 N–H and O–H groups in total. The Labute approximate surface area is 171 Å². The van der Waals surface area contributed by atoms with Crippen molar-refractivity contribution in [1.82, 2.24) is 0 Å². The Morgan fingerprint density at radius 1 is 0.852 bits per heavy atom. The maximum atomic E-state index is 12.2. The van der Waals surface area contributed by atoms with Gasteiger partial charge in [0.2, 0.25) is 0 Å². The van der Waals surface area contributed by atoms with E-state index in [0.29, 0.717) is 22.8 Å². The number of ether oxygens (including phenoxy) is 1. The normalized spacial score (nSPS) is 21.6. The van der Waals surface area contributed by atoms with Crippen LogP contribution in [0.2, 0.25) is 22.3 Å². The Bertz CT molecular complexity index is 484. The minimum atomic E-state index is -0.246. The highest BCUT2D eigenvalue weighted by molar-refractivity contribution is 6.49. The van der Waals surface area contributed by atoms with Crippen LogP contribution in [0.15, 0.2) is 0 Å². The van der Waals surface area contributed by atoms with Gasteiger partial charge in [0.05, 0.1) is 5.60 Å². The average molecular weight is 376 g/mol. The molecule has 0 radical (unpaired) electrons. The number of hydrogen-bond donors (Lipinski definition) is 0. The molecule has 0 aromatic carbocycles. The van der Waals surface area contributed by atoms with Crippen LogP contribution in [0, 0.1) is 5.41 Å². The Balaban J connectivity index is 2.37. The Morgan fingerprint density at radius 2 is 1.37 bits per heavy atom. The molecular formula is C23H46B2O2. The molecule has 2 unspecified atom stereocenters. The van der Waals surface area contributed by atoms with E-state index in [2.05, 4.69) is 48.5 Å². The lowest BCUT2D eigenvalue weighted by Gasteiger charge is -2.43. The van der Waals surface area contributed by atoms with Crippen molar-refractivity contribution < 1.29 is 9.53 Å². The molecule has 0 amide bonds. The molecule has 0 saturated heterocycles. The molecule has 1 rings (SSSR count). The molecule has 1 saturated carbocycles. The molecule has 2 nitrogen and oxygen atoms in total. The van der Waals surface area contributed by atoms with Gasteiger partial charge in [-0.05, 0) is 26.7 Å². The lowest BCUT2D eigenvalue weighted by Crippen LogP contribution is -2.34. The Hall–Kier alpha value is -0.240. The zero-order chi connectivity index (χ0) is 21.1. The van der Waals surface area contributed by atoms with Gasteiger partial charge in [0.15, 0.2) is 0 Å². The largest absolute Gasteiger partial charge is 0.376 e. The van der Waals surface area contributed by atoms with Crippen molar-refractivity contribution in [2.45, 2.75) is 129 Å². The van der Waals surface area contributed by atoms with E-state index in [-0.39, 0.29) is 11.0 Å². The van der Waals surface area contributed by atoms with Crippen LogP contribution in [-0.4, -0.2) is 32.6 Å². The first-order valence-corrected chi connectivity index (χ1v) is 11.2. The number of carbonyl (C=O) groups is 1. The molecule has 1 aliphatic rings. The van der Waals surface area contributed by atoms with Crippen LogP contribution < -0.4 is 0 Å². The third-order valence-electron chi connectivity index (χ3n) is 6.33. The smallest absolute Gasteiger partial charge is 0.138 e. The molecule has 0 spiro atoms. The van der Waals surface area contributed by atoms with Crippen molar-refractivity contribution in [3.05, 3.63) is 0 Å². The number of carbonyl (C=O) groups excluding carboxylic acids is 1. The van der Waals surface area contributed by atoms with E-state index >= 15 is 0 Å². The summed E-state index contributed by atoms with van der Waals surface area (Å²) in [5.41, 5.74) is -0.466. The first-order valence-electron chi connectivity index (χ1n) is 11.2. The van der Waals surface area contributed by atoms with Gasteiger partial charge in [-0.25, -0.2) is 0 Å². The van der Waals surface area contributed by atoms with Crippen LogP contribution in [0.5, 0.6) is 0 Å². The van der Waals surface area contributed by atoms with Crippen molar-refractivity contribution >= 4 is 20.3 Å². The van der Waals surface area contributed by atoms with E-state index in [4.69, 9.17) is 4.74 Å². The first kappa shape index (κ1) is 24.8. The van der Waals surface area contributed by atoms with E-state index in [9.17, 15) is 4.79 Å². The maximum Gasteiger partial charge on any atom is 0.138 e. The summed E-state index contributed by atoms with van der Waals surface area (Å²) < 4.78 is 6.22. The molecule has 0 aliphatic heterocycles. The highest BCUT2D eigenvalue weighted by Gasteiger charge is 2.38. The molecule has 0 bridgehead atoms. The topological polar surface area (TPSA) is 26.3 Å². The van der Waals surface area contributed by atoms with Crippen molar-refractivity contribution in [3.63, 3.8) is 0 Å². The number of ketones is 1. The van der Waals surface area contributed by atoms with E-state index in [1.165, 1.54) is 27.4 Å². The van der Waals surface area contributed by atoms with Gasteiger partial charge in [-0.15, -0.1) is 0 Å². The molecule has 0 aromatic heterocycles. The van der Waals surface area contributed by atoms with E-state index in [1.54, 1.807) is 0 Å². The molecular weight excluding hydrogens is 330 g/mol. The Morgan fingerprint density at radius 3 is 1.81 bits per heavy atom. The first-order chi connectivity index (χ1) is 12.0. The lowest BCUT2D eigenvalue weighted by atomic mass is 9.30. The van der Waals surface area contributed by atoms with Crippen LogP contribution in [0.3, 0.4) is 0 Å².